The molecule has 2 amide bonds. The number of ether oxygens (including phenoxy) is 1. The van der Waals surface area contributed by atoms with Crippen molar-refractivity contribution in [3.05, 3.63) is 54.0 Å². The standard InChI is InChI=1S/C26H30N2O5/c1-16(26-12-17-9-18(13-26)11-19(10-17)14-26)27-23(29)15-33-25(31)20-5-2-3-6-21(20)28-24(30)22-7-4-8-32-22/h2-8,16-19H,9-15H2,1H3,(H,27,29)(H,28,30). The molecular weight excluding hydrogens is 420 g/mol. The Morgan fingerprint density at radius 1 is 1.03 bits per heavy atom. The summed E-state index contributed by atoms with van der Waals surface area (Å²) in [5.74, 6) is 1.13. The Hall–Kier alpha value is -3.09. The van der Waals surface area contributed by atoms with Crippen molar-refractivity contribution in [3.8, 4) is 0 Å². The van der Waals surface area contributed by atoms with Crippen LogP contribution in [0.15, 0.2) is 47.1 Å². The molecule has 1 aromatic heterocycles. The monoisotopic (exact) mass is 450 g/mol. The molecule has 4 fully saturated rings. The maximum absolute atomic E-state index is 12.7. The number of hydrogen-bond donors (Lipinski definition) is 2. The number of esters is 1. The van der Waals surface area contributed by atoms with Crippen molar-refractivity contribution in [3.63, 3.8) is 0 Å². The maximum Gasteiger partial charge on any atom is 0.340 e. The lowest BCUT2D eigenvalue weighted by Crippen LogP contribution is -2.56. The van der Waals surface area contributed by atoms with E-state index in [1.807, 2.05) is 0 Å². The summed E-state index contributed by atoms with van der Waals surface area (Å²) in [6.45, 7) is 1.75. The number of rotatable bonds is 7. The number of amides is 2. The molecule has 33 heavy (non-hydrogen) atoms. The highest BCUT2D eigenvalue weighted by atomic mass is 16.5. The molecule has 174 valence electrons. The molecule has 0 saturated heterocycles. The second kappa shape index (κ2) is 8.69. The molecule has 0 aliphatic heterocycles. The molecule has 6 rings (SSSR count). The summed E-state index contributed by atoms with van der Waals surface area (Å²) < 4.78 is 10.4. The average molecular weight is 451 g/mol. The first kappa shape index (κ1) is 21.7. The van der Waals surface area contributed by atoms with E-state index in [1.165, 1.54) is 50.9 Å². The Balaban J connectivity index is 1.17. The van der Waals surface area contributed by atoms with Gasteiger partial charge in [-0.1, -0.05) is 12.1 Å². The molecule has 4 aliphatic rings. The summed E-state index contributed by atoms with van der Waals surface area (Å²) in [6, 6.07) is 9.74. The van der Waals surface area contributed by atoms with Gasteiger partial charge in [0.15, 0.2) is 12.4 Å². The highest BCUT2D eigenvalue weighted by molar-refractivity contribution is 6.06. The summed E-state index contributed by atoms with van der Waals surface area (Å²) in [7, 11) is 0. The van der Waals surface area contributed by atoms with Gasteiger partial charge in [0, 0.05) is 6.04 Å². The Bertz CT molecular complexity index is 1010. The second-order valence-corrected chi connectivity index (χ2v) is 10.1. The predicted octanol–water partition coefficient (Wildman–Crippen LogP) is 4.41. The number of carbonyl (C=O) groups is 3. The predicted molar refractivity (Wildman–Crippen MR) is 122 cm³/mol. The molecule has 7 nitrogen and oxygen atoms in total. The molecule has 1 heterocycles. The van der Waals surface area contributed by atoms with Crippen LogP contribution in [0.3, 0.4) is 0 Å². The van der Waals surface area contributed by atoms with Crippen molar-refractivity contribution in [1.29, 1.82) is 0 Å². The van der Waals surface area contributed by atoms with E-state index in [2.05, 4.69) is 17.6 Å². The smallest absolute Gasteiger partial charge is 0.340 e. The van der Waals surface area contributed by atoms with E-state index in [4.69, 9.17) is 9.15 Å². The minimum Gasteiger partial charge on any atom is -0.459 e. The SMILES string of the molecule is CC(NC(=O)COC(=O)c1ccccc1NC(=O)c1ccco1)C12CC3CC(CC(C3)C1)C2. The third-order valence-corrected chi connectivity index (χ3v) is 7.86. The maximum atomic E-state index is 12.7. The number of benzene rings is 1. The zero-order valence-electron chi connectivity index (χ0n) is 18.8. The molecule has 4 bridgehead atoms. The minimum atomic E-state index is -0.664. The molecular formula is C26H30N2O5. The Morgan fingerprint density at radius 3 is 2.33 bits per heavy atom. The summed E-state index contributed by atoms with van der Waals surface area (Å²) in [6.07, 6.45) is 9.06. The van der Waals surface area contributed by atoms with Crippen LogP contribution in [0.1, 0.15) is 66.4 Å². The number of nitrogens with one attached hydrogen (secondary N) is 2. The quantitative estimate of drug-likeness (QED) is 0.609. The Morgan fingerprint density at radius 2 is 1.70 bits per heavy atom. The van der Waals surface area contributed by atoms with E-state index >= 15 is 0 Å². The van der Waals surface area contributed by atoms with Crippen LogP contribution in [0.2, 0.25) is 0 Å². The molecule has 1 aromatic carbocycles. The second-order valence-electron chi connectivity index (χ2n) is 10.1. The average Bonchev–Trinajstić information content (AvgIpc) is 3.32. The lowest BCUT2D eigenvalue weighted by molar-refractivity contribution is -0.128. The Labute approximate surface area is 193 Å². The van der Waals surface area contributed by atoms with E-state index in [9.17, 15) is 14.4 Å². The molecule has 7 heteroatoms. The first-order valence-corrected chi connectivity index (χ1v) is 11.8. The van der Waals surface area contributed by atoms with Crippen molar-refractivity contribution in [2.75, 3.05) is 11.9 Å². The van der Waals surface area contributed by atoms with Crippen molar-refractivity contribution >= 4 is 23.5 Å². The van der Waals surface area contributed by atoms with Crippen LogP contribution in [-0.2, 0) is 9.53 Å². The molecule has 4 saturated carbocycles. The molecule has 4 aliphatic carbocycles. The fourth-order valence-electron chi connectivity index (χ4n) is 6.71. The van der Waals surface area contributed by atoms with Crippen molar-refractivity contribution in [2.45, 2.75) is 51.5 Å². The van der Waals surface area contributed by atoms with Gasteiger partial charge in [0.05, 0.1) is 17.5 Å². The van der Waals surface area contributed by atoms with E-state index in [-0.39, 0.29) is 35.3 Å². The van der Waals surface area contributed by atoms with E-state index < -0.39 is 11.9 Å². The molecule has 2 N–H and O–H groups in total. The van der Waals surface area contributed by atoms with Crippen molar-refractivity contribution < 1.29 is 23.5 Å². The van der Waals surface area contributed by atoms with Gasteiger partial charge >= 0.3 is 5.97 Å². The lowest BCUT2D eigenvalue weighted by Gasteiger charge is -2.59. The molecule has 0 spiro atoms. The van der Waals surface area contributed by atoms with Gasteiger partial charge < -0.3 is 19.8 Å². The molecule has 1 atom stereocenters. The van der Waals surface area contributed by atoms with E-state index in [1.54, 1.807) is 30.3 Å². The summed E-state index contributed by atoms with van der Waals surface area (Å²) in [4.78, 5) is 37.6. The first-order chi connectivity index (χ1) is 15.9. The van der Waals surface area contributed by atoms with Gasteiger partial charge in [-0.05, 0) is 92.9 Å². The van der Waals surface area contributed by atoms with Gasteiger partial charge in [-0.15, -0.1) is 0 Å². The highest BCUT2D eigenvalue weighted by Crippen LogP contribution is 2.61. The van der Waals surface area contributed by atoms with Crippen LogP contribution in [0.4, 0.5) is 5.69 Å². The van der Waals surface area contributed by atoms with Gasteiger partial charge in [0.1, 0.15) is 0 Å². The van der Waals surface area contributed by atoms with Gasteiger partial charge in [-0.25, -0.2) is 4.79 Å². The van der Waals surface area contributed by atoms with Gasteiger partial charge in [0.25, 0.3) is 11.8 Å². The number of carbonyl (C=O) groups excluding carboxylic acids is 3. The number of hydrogen-bond acceptors (Lipinski definition) is 5. The third kappa shape index (κ3) is 4.41. The summed E-state index contributed by atoms with van der Waals surface area (Å²) in [5.41, 5.74) is 0.669. The largest absolute Gasteiger partial charge is 0.459 e. The minimum absolute atomic E-state index is 0.0666. The van der Waals surface area contributed by atoms with Crippen molar-refractivity contribution in [1.82, 2.24) is 5.32 Å². The highest BCUT2D eigenvalue weighted by Gasteiger charge is 2.53. The fraction of sp³-hybridized carbons (Fsp3) is 0.500. The van der Waals surface area contributed by atoms with Crippen LogP contribution in [0, 0.1) is 23.2 Å². The van der Waals surface area contributed by atoms with Crippen molar-refractivity contribution in [2.24, 2.45) is 23.2 Å². The van der Waals surface area contributed by atoms with Crippen LogP contribution >= 0.6 is 0 Å². The summed E-state index contributed by atoms with van der Waals surface area (Å²) in [5, 5.41) is 5.76. The number of para-hydroxylation sites is 1. The van der Waals surface area contributed by atoms with Crippen LogP contribution in [0.25, 0.3) is 0 Å². The summed E-state index contributed by atoms with van der Waals surface area (Å²) >= 11 is 0. The van der Waals surface area contributed by atoms with Gasteiger partial charge in [0.2, 0.25) is 0 Å². The number of anilines is 1. The third-order valence-electron chi connectivity index (χ3n) is 7.86. The number of furan rings is 1. The van der Waals surface area contributed by atoms with Crippen LogP contribution < -0.4 is 10.6 Å². The van der Waals surface area contributed by atoms with Crippen LogP contribution in [0.5, 0.6) is 0 Å². The van der Waals surface area contributed by atoms with E-state index in [0.717, 1.165) is 17.8 Å². The normalized spacial score (nSPS) is 28.2. The van der Waals surface area contributed by atoms with Gasteiger partial charge in [-0.2, -0.15) is 0 Å². The first-order valence-electron chi connectivity index (χ1n) is 11.8. The zero-order valence-corrected chi connectivity index (χ0v) is 18.8. The fourth-order valence-corrected chi connectivity index (χ4v) is 6.71. The molecule has 0 radical (unpaired) electrons. The van der Waals surface area contributed by atoms with Gasteiger partial charge in [-0.3, -0.25) is 9.59 Å². The zero-order chi connectivity index (χ0) is 23.0. The Kier molecular flexibility index (Phi) is 5.72. The van der Waals surface area contributed by atoms with Crippen LogP contribution in [-0.4, -0.2) is 30.4 Å². The molecule has 2 aromatic rings. The topological polar surface area (TPSA) is 97.6 Å². The molecule has 1 unspecified atom stereocenters. The van der Waals surface area contributed by atoms with E-state index in [0.29, 0.717) is 5.69 Å². The lowest BCUT2D eigenvalue weighted by atomic mass is 9.48.